The summed E-state index contributed by atoms with van der Waals surface area (Å²) in [4.78, 5) is 4.88. The molecule has 3 heteroatoms. The highest BCUT2D eigenvalue weighted by atomic mass is 15.1. The monoisotopic (exact) mass is 257 g/mol. The number of fused-ring (bicyclic) bond motifs is 1. The lowest BCUT2D eigenvalue weighted by molar-refractivity contribution is 0.639. The standard InChI is InChI=1S/C16H23N3/c1-11(17)9-12-7-8-15-14(10-12)18-16(19(15)2)13-5-3-4-6-13/h7-8,10-11,13H,3-6,9,17H2,1-2H3. The smallest absolute Gasteiger partial charge is 0.112 e. The lowest BCUT2D eigenvalue weighted by atomic mass is 10.1. The van der Waals surface area contributed by atoms with Gasteiger partial charge < -0.3 is 10.3 Å². The Labute approximate surface area is 114 Å². The topological polar surface area (TPSA) is 43.8 Å². The predicted molar refractivity (Wildman–Crippen MR) is 79.3 cm³/mol. The third kappa shape index (κ3) is 2.39. The van der Waals surface area contributed by atoms with Crippen LogP contribution in [0.25, 0.3) is 11.0 Å². The van der Waals surface area contributed by atoms with Gasteiger partial charge in [0.15, 0.2) is 0 Å². The Kier molecular flexibility index (Phi) is 3.31. The van der Waals surface area contributed by atoms with E-state index in [0.29, 0.717) is 5.92 Å². The molecule has 2 N–H and O–H groups in total. The summed E-state index contributed by atoms with van der Waals surface area (Å²) in [5.74, 6) is 1.93. The molecule has 1 aromatic heterocycles. The van der Waals surface area contributed by atoms with Gasteiger partial charge in [0.1, 0.15) is 5.82 Å². The van der Waals surface area contributed by atoms with E-state index in [1.165, 1.54) is 42.6 Å². The number of imidazole rings is 1. The number of nitrogens with zero attached hydrogens (tertiary/aromatic N) is 2. The molecule has 0 bridgehead atoms. The summed E-state index contributed by atoms with van der Waals surface area (Å²) >= 11 is 0. The highest BCUT2D eigenvalue weighted by molar-refractivity contribution is 5.77. The van der Waals surface area contributed by atoms with Crippen LogP contribution >= 0.6 is 0 Å². The van der Waals surface area contributed by atoms with Gasteiger partial charge in [-0.05, 0) is 43.9 Å². The van der Waals surface area contributed by atoms with Crippen LogP contribution in [0.2, 0.25) is 0 Å². The van der Waals surface area contributed by atoms with Crippen LogP contribution in [0.4, 0.5) is 0 Å². The highest BCUT2D eigenvalue weighted by Gasteiger charge is 2.22. The maximum absolute atomic E-state index is 5.88. The second kappa shape index (κ2) is 4.97. The zero-order valence-electron chi connectivity index (χ0n) is 11.9. The van der Waals surface area contributed by atoms with E-state index in [1.807, 2.05) is 6.92 Å². The van der Waals surface area contributed by atoms with Crippen LogP contribution in [0.1, 0.15) is 49.9 Å². The van der Waals surface area contributed by atoms with E-state index in [0.717, 1.165) is 11.9 Å². The molecule has 0 aliphatic heterocycles. The van der Waals surface area contributed by atoms with E-state index in [4.69, 9.17) is 10.7 Å². The van der Waals surface area contributed by atoms with E-state index >= 15 is 0 Å². The molecule has 2 aromatic rings. The third-order valence-corrected chi connectivity index (χ3v) is 4.26. The van der Waals surface area contributed by atoms with Crippen molar-refractivity contribution in [3.63, 3.8) is 0 Å². The first kappa shape index (κ1) is 12.7. The van der Waals surface area contributed by atoms with Gasteiger partial charge in [-0.1, -0.05) is 18.9 Å². The number of rotatable bonds is 3. The first-order chi connectivity index (χ1) is 9.15. The van der Waals surface area contributed by atoms with Crippen LogP contribution < -0.4 is 5.73 Å². The fraction of sp³-hybridized carbons (Fsp3) is 0.562. The summed E-state index contributed by atoms with van der Waals surface area (Å²) in [5.41, 5.74) is 9.54. The van der Waals surface area contributed by atoms with Crippen molar-refractivity contribution in [2.24, 2.45) is 12.8 Å². The predicted octanol–water partition coefficient (Wildman–Crippen LogP) is 3.12. The summed E-state index contributed by atoms with van der Waals surface area (Å²) < 4.78 is 2.28. The Hall–Kier alpha value is -1.35. The largest absolute Gasteiger partial charge is 0.331 e. The lowest BCUT2D eigenvalue weighted by Crippen LogP contribution is -2.17. The van der Waals surface area contributed by atoms with Crippen molar-refractivity contribution in [1.29, 1.82) is 0 Å². The van der Waals surface area contributed by atoms with Crippen molar-refractivity contribution in [3.05, 3.63) is 29.6 Å². The number of aromatic nitrogens is 2. The van der Waals surface area contributed by atoms with E-state index in [2.05, 4.69) is 29.8 Å². The number of benzene rings is 1. The first-order valence-electron chi connectivity index (χ1n) is 7.36. The lowest BCUT2D eigenvalue weighted by Gasteiger charge is -2.08. The zero-order chi connectivity index (χ0) is 13.4. The zero-order valence-corrected chi connectivity index (χ0v) is 11.9. The number of hydrogen-bond donors (Lipinski definition) is 1. The molecular weight excluding hydrogens is 234 g/mol. The third-order valence-electron chi connectivity index (χ3n) is 4.26. The summed E-state index contributed by atoms with van der Waals surface area (Å²) in [6.07, 6.45) is 6.21. The van der Waals surface area contributed by atoms with Crippen LogP contribution in [0.3, 0.4) is 0 Å². The van der Waals surface area contributed by atoms with Crippen molar-refractivity contribution in [3.8, 4) is 0 Å². The molecule has 1 atom stereocenters. The van der Waals surface area contributed by atoms with Gasteiger partial charge in [-0.3, -0.25) is 0 Å². The van der Waals surface area contributed by atoms with Gasteiger partial charge in [-0.15, -0.1) is 0 Å². The molecule has 102 valence electrons. The molecule has 1 aromatic carbocycles. The van der Waals surface area contributed by atoms with E-state index in [-0.39, 0.29) is 6.04 Å². The average molecular weight is 257 g/mol. The molecule has 1 fully saturated rings. The van der Waals surface area contributed by atoms with Gasteiger partial charge in [0.25, 0.3) is 0 Å². The molecule has 3 rings (SSSR count). The minimum absolute atomic E-state index is 0.204. The maximum Gasteiger partial charge on any atom is 0.112 e. The van der Waals surface area contributed by atoms with Gasteiger partial charge in [-0.2, -0.15) is 0 Å². The molecule has 3 nitrogen and oxygen atoms in total. The molecule has 1 aliphatic rings. The van der Waals surface area contributed by atoms with E-state index < -0.39 is 0 Å². The normalized spacial score (nSPS) is 18.3. The van der Waals surface area contributed by atoms with Crippen LogP contribution in [-0.2, 0) is 13.5 Å². The Bertz CT molecular complexity index is 577. The second-order valence-electron chi connectivity index (χ2n) is 6.01. The van der Waals surface area contributed by atoms with Gasteiger partial charge in [-0.25, -0.2) is 4.98 Å². The summed E-state index contributed by atoms with van der Waals surface area (Å²) in [7, 11) is 2.15. The summed E-state index contributed by atoms with van der Waals surface area (Å²) in [6, 6.07) is 6.79. The summed E-state index contributed by atoms with van der Waals surface area (Å²) in [5, 5.41) is 0. The maximum atomic E-state index is 5.88. The molecule has 0 radical (unpaired) electrons. The van der Waals surface area contributed by atoms with Crippen LogP contribution in [0, 0.1) is 0 Å². The van der Waals surface area contributed by atoms with Gasteiger partial charge in [0.2, 0.25) is 0 Å². The van der Waals surface area contributed by atoms with Gasteiger partial charge >= 0.3 is 0 Å². The first-order valence-corrected chi connectivity index (χ1v) is 7.36. The Morgan fingerprint density at radius 2 is 2.11 bits per heavy atom. The SMILES string of the molecule is CC(N)Cc1ccc2c(c1)nc(C1CCCC1)n2C. The quantitative estimate of drug-likeness (QED) is 0.918. The van der Waals surface area contributed by atoms with Crippen LogP contribution in [0.5, 0.6) is 0 Å². The molecule has 0 amide bonds. The minimum Gasteiger partial charge on any atom is -0.331 e. The molecule has 1 unspecified atom stereocenters. The number of aryl methyl sites for hydroxylation is 1. The van der Waals surface area contributed by atoms with Crippen molar-refractivity contribution >= 4 is 11.0 Å². The molecule has 0 spiro atoms. The Morgan fingerprint density at radius 1 is 1.37 bits per heavy atom. The average Bonchev–Trinajstić information content (AvgIpc) is 2.96. The highest BCUT2D eigenvalue weighted by Crippen LogP contribution is 2.34. The molecule has 1 heterocycles. The van der Waals surface area contributed by atoms with E-state index in [9.17, 15) is 0 Å². The van der Waals surface area contributed by atoms with E-state index in [1.54, 1.807) is 0 Å². The van der Waals surface area contributed by atoms with Crippen molar-refractivity contribution in [2.75, 3.05) is 0 Å². The molecule has 1 aliphatic carbocycles. The van der Waals surface area contributed by atoms with Crippen LogP contribution in [0.15, 0.2) is 18.2 Å². The van der Waals surface area contributed by atoms with Gasteiger partial charge in [0.05, 0.1) is 11.0 Å². The number of hydrogen-bond acceptors (Lipinski definition) is 2. The van der Waals surface area contributed by atoms with Crippen molar-refractivity contribution in [1.82, 2.24) is 9.55 Å². The Morgan fingerprint density at radius 3 is 2.79 bits per heavy atom. The molecular formula is C16H23N3. The fourth-order valence-corrected chi connectivity index (χ4v) is 3.31. The van der Waals surface area contributed by atoms with Crippen molar-refractivity contribution < 1.29 is 0 Å². The summed E-state index contributed by atoms with van der Waals surface area (Å²) in [6.45, 7) is 2.05. The number of nitrogens with two attached hydrogens (primary N) is 1. The second-order valence-corrected chi connectivity index (χ2v) is 6.01. The molecule has 19 heavy (non-hydrogen) atoms. The fourth-order valence-electron chi connectivity index (χ4n) is 3.31. The molecule has 0 saturated heterocycles. The molecule has 1 saturated carbocycles. The van der Waals surface area contributed by atoms with Crippen molar-refractivity contribution in [2.45, 2.75) is 51.0 Å². The van der Waals surface area contributed by atoms with Gasteiger partial charge in [0, 0.05) is 19.0 Å². The Balaban J connectivity index is 1.99. The van der Waals surface area contributed by atoms with Crippen LogP contribution in [-0.4, -0.2) is 15.6 Å². The minimum atomic E-state index is 0.204.